The predicted octanol–water partition coefficient (Wildman–Crippen LogP) is 4.68. The van der Waals surface area contributed by atoms with Gasteiger partial charge in [-0.15, -0.1) is 0 Å². The van der Waals surface area contributed by atoms with Crippen molar-refractivity contribution < 1.29 is 9.53 Å². The van der Waals surface area contributed by atoms with Crippen LogP contribution >= 0.6 is 15.9 Å². The molecule has 1 aliphatic carbocycles. The van der Waals surface area contributed by atoms with Gasteiger partial charge in [0.1, 0.15) is 0 Å². The lowest BCUT2D eigenvalue weighted by molar-refractivity contribution is -0.191. The van der Waals surface area contributed by atoms with E-state index in [9.17, 15) is 4.79 Å². The maximum atomic E-state index is 12.8. The van der Waals surface area contributed by atoms with E-state index in [1.54, 1.807) is 0 Å². The number of β-lactam (4-membered cyclic amide) rings is 1. The summed E-state index contributed by atoms with van der Waals surface area (Å²) in [4.78, 5) is 14.8. The van der Waals surface area contributed by atoms with Crippen LogP contribution < -0.4 is 0 Å². The Morgan fingerprint density at radius 2 is 1.79 bits per heavy atom. The van der Waals surface area contributed by atoms with Gasteiger partial charge in [-0.1, -0.05) is 65.5 Å². The number of carbonyl (C=O) groups is 1. The van der Waals surface area contributed by atoms with Crippen molar-refractivity contribution >= 4 is 21.8 Å². The Bertz CT molecular complexity index is 575. The molecule has 0 bridgehead atoms. The molecular weight excluding hydrogens is 366 g/mol. The lowest BCUT2D eigenvalue weighted by Crippen LogP contribution is -2.76. The van der Waals surface area contributed by atoms with Crippen LogP contribution in [-0.2, 0) is 16.1 Å². The van der Waals surface area contributed by atoms with Crippen LogP contribution in [0, 0.1) is 0 Å². The fourth-order valence-corrected chi connectivity index (χ4v) is 5.08. The third-order valence-corrected chi connectivity index (χ3v) is 6.52. The molecule has 0 spiro atoms. The first kappa shape index (κ1) is 17.9. The van der Waals surface area contributed by atoms with E-state index >= 15 is 0 Å². The van der Waals surface area contributed by atoms with Crippen LogP contribution in [0.3, 0.4) is 0 Å². The summed E-state index contributed by atoms with van der Waals surface area (Å²) in [5.74, 6) is 0.132. The van der Waals surface area contributed by atoms with Gasteiger partial charge in [-0.25, -0.2) is 0 Å². The van der Waals surface area contributed by atoms with Crippen molar-refractivity contribution in [3.63, 3.8) is 0 Å². The number of hydrogen-bond donors (Lipinski definition) is 0. The van der Waals surface area contributed by atoms with Crippen molar-refractivity contribution in [3.8, 4) is 0 Å². The number of rotatable bonds is 4. The zero-order valence-corrected chi connectivity index (χ0v) is 16.5. The number of nitrogens with zero attached hydrogens (tertiary/aromatic N) is 1. The van der Waals surface area contributed by atoms with E-state index in [0.29, 0.717) is 6.61 Å². The molecule has 0 aromatic heterocycles. The first-order chi connectivity index (χ1) is 11.3. The number of likely N-dealkylation sites (tertiary alicyclic amines) is 1. The lowest BCUT2D eigenvalue weighted by atomic mass is 9.74. The zero-order chi connectivity index (χ0) is 17.4. The zero-order valence-electron chi connectivity index (χ0n) is 14.9. The minimum Gasteiger partial charge on any atom is -0.361 e. The maximum absolute atomic E-state index is 12.8. The largest absolute Gasteiger partial charge is 0.361 e. The van der Waals surface area contributed by atoms with Gasteiger partial charge >= 0.3 is 0 Å². The molecule has 1 aliphatic heterocycles. The highest BCUT2D eigenvalue weighted by Gasteiger charge is 2.60. The molecule has 3 rings (SSSR count). The molecule has 2 aliphatic rings. The number of ether oxygens (including phenoxy) is 1. The minimum absolute atomic E-state index is 0.00616. The summed E-state index contributed by atoms with van der Waals surface area (Å²) in [5.41, 5.74) is 0.942. The fourth-order valence-electron chi connectivity index (χ4n) is 4.07. The Morgan fingerprint density at radius 3 is 2.38 bits per heavy atom. The second-order valence-corrected chi connectivity index (χ2v) is 9.72. The number of carbonyl (C=O) groups excluding carboxylic acids is 1. The summed E-state index contributed by atoms with van der Waals surface area (Å²) in [6, 6.07) is 10.2. The van der Waals surface area contributed by atoms with Crippen molar-refractivity contribution in [2.75, 3.05) is 0 Å². The SMILES string of the molecule is CC(C)(C)N1C(=O)[C@@H](OCc2ccccc2)[C@H]1C1(Br)CCCCC1. The van der Waals surface area contributed by atoms with E-state index < -0.39 is 0 Å². The highest BCUT2D eigenvalue weighted by Crippen LogP contribution is 2.48. The van der Waals surface area contributed by atoms with Crippen LogP contribution in [0.4, 0.5) is 0 Å². The summed E-state index contributed by atoms with van der Waals surface area (Å²) in [7, 11) is 0. The average molecular weight is 394 g/mol. The summed E-state index contributed by atoms with van der Waals surface area (Å²) < 4.78 is 6.11. The third-order valence-electron chi connectivity index (χ3n) is 5.26. The quantitative estimate of drug-likeness (QED) is 0.548. The molecule has 0 N–H and O–H groups in total. The van der Waals surface area contributed by atoms with E-state index in [-0.39, 0.29) is 27.9 Å². The van der Waals surface area contributed by atoms with Gasteiger partial charge in [-0.2, -0.15) is 0 Å². The van der Waals surface area contributed by atoms with Gasteiger partial charge in [0.25, 0.3) is 5.91 Å². The van der Waals surface area contributed by atoms with Gasteiger partial charge in [-0.05, 0) is 39.2 Å². The highest BCUT2D eigenvalue weighted by atomic mass is 79.9. The van der Waals surface area contributed by atoms with Crippen LogP contribution in [0.25, 0.3) is 0 Å². The molecule has 1 saturated carbocycles. The van der Waals surface area contributed by atoms with Crippen LogP contribution in [0.15, 0.2) is 30.3 Å². The molecule has 0 unspecified atom stereocenters. The van der Waals surface area contributed by atoms with Gasteiger partial charge in [0.2, 0.25) is 0 Å². The van der Waals surface area contributed by atoms with Gasteiger partial charge in [0, 0.05) is 9.86 Å². The minimum atomic E-state index is -0.332. The predicted molar refractivity (Wildman–Crippen MR) is 100 cm³/mol. The van der Waals surface area contributed by atoms with Crippen molar-refractivity contribution in [3.05, 3.63) is 35.9 Å². The van der Waals surface area contributed by atoms with E-state index in [1.165, 1.54) is 19.3 Å². The number of amides is 1. The number of hydrogen-bond acceptors (Lipinski definition) is 2. The van der Waals surface area contributed by atoms with E-state index in [4.69, 9.17) is 4.74 Å². The molecule has 1 amide bonds. The van der Waals surface area contributed by atoms with Gasteiger partial charge in [0.05, 0.1) is 12.6 Å². The molecule has 1 saturated heterocycles. The van der Waals surface area contributed by atoms with Crippen molar-refractivity contribution in [2.45, 2.75) is 81.5 Å². The highest BCUT2D eigenvalue weighted by molar-refractivity contribution is 9.10. The lowest BCUT2D eigenvalue weighted by Gasteiger charge is -2.59. The van der Waals surface area contributed by atoms with Gasteiger partial charge in [0.15, 0.2) is 6.10 Å². The molecule has 4 heteroatoms. The third kappa shape index (κ3) is 3.41. The average Bonchev–Trinajstić information content (AvgIpc) is 2.53. The second kappa shape index (κ2) is 6.80. The fraction of sp³-hybridized carbons (Fsp3) is 0.650. The molecule has 1 aromatic carbocycles. The maximum Gasteiger partial charge on any atom is 0.254 e. The van der Waals surface area contributed by atoms with E-state index in [2.05, 4.69) is 36.7 Å². The molecule has 3 nitrogen and oxygen atoms in total. The topological polar surface area (TPSA) is 29.5 Å². The second-order valence-electron chi connectivity index (χ2n) is 8.14. The summed E-state index contributed by atoms with van der Waals surface area (Å²) >= 11 is 4.03. The Balaban J connectivity index is 1.77. The molecule has 132 valence electrons. The van der Waals surface area contributed by atoms with Crippen molar-refractivity contribution in [1.82, 2.24) is 4.90 Å². The standard InChI is InChI=1S/C20H28BrNO2/c1-19(2,3)22-17(20(21)12-8-5-9-13-20)16(18(22)23)24-14-15-10-6-4-7-11-15/h4,6-7,10-11,16-17H,5,8-9,12-14H2,1-3H3/t16-,17-/m0/s1. The molecular formula is C20H28BrNO2. The smallest absolute Gasteiger partial charge is 0.254 e. The van der Waals surface area contributed by atoms with E-state index in [1.807, 2.05) is 35.2 Å². The van der Waals surface area contributed by atoms with Crippen LogP contribution in [0.1, 0.15) is 58.4 Å². The number of benzene rings is 1. The number of alkyl halides is 1. The Kier molecular flexibility index (Phi) is 5.08. The van der Waals surface area contributed by atoms with Crippen molar-refractivity contribution in [2.24, 2.45) is 0 Å². The Morgan fingerprint density at radius 1 is 1.17 bits per heavy atom. The van der Waals surface area contributed by atoms with Gasteiger partial charge in [-0.3, -0.25) is 4.79 Å². The Hall–Kier alpha value is -0.870. The first-order valence-corrected chi connectivity index (χ1v) is 9.80. The van der Waals surface area contributed by atoms with Crippen LogP contribution in [0.2, 0.25) is 0 Å². The monoisotopic (exact) mass is 393 g/mol. The van der Waals surface area contributed by atoms with Gasteiger partial charge < -0.3 is 9.64 Å². The summed E-state index contributed by atoms with van der Waals surface area (Å²) in [6.45, 7) is 6.84. The van der Waals surface area contributed by atoms with E-state index in [0.717, 1.165) is 18.4 Å². The summed E-state index contributed by atoms with van der Waals surface area (Å²) in [5, 5.41) is 0. The van der Waals surface area contributed by atoms with Crippen molar-refractivity contribution in [1.29, 1.82) is 0 Å². The molecule has 24 heavy (non-hydrogen) atoms. The Labute approximate surface area is 153 Å². The molecule has 1 heterocycles. The van der Waals surface area contributed by atoms with Crippen LogP contribution in [0.5, 0.6) is 0 Å². The molecule has 2 atom stereocenters. The number of halogens is 1. The normalized spacial score (nSPS) is 27.0. The van der Waals surface area contributed by atoms with Crippen LogP contribution in [-0.4, -0.2) is 32.8 Å². The first-order valence-electron chi connectivity index (χ1n) is 9.00. The summed E-state index contributed by atoms with van der Waals surface area (Å²) in [6.07, 6.45) is 5.63. The molecule has 0 radical (unpaired) electrons. The molecule has 2 fully saturated rings. The molecule has 1 aromatic rings.